The highest BCUT2D eigenvalue weighted by Gasteiger charge is 2.09. The van der Waals surface area contributed by atoms with E-state index in [2.05, 4.69) is 39.4 Å². The van der Waals surface area contributed by atoms with Gasteiger partial charge in [-0.05, 0) is 38.8 Å². The molecule has 0 saturated carbocycles. The summed E-state index contributed by atoms with van der Waals surface area (Å²) in [6.07, 6.45) is 3.66. The zero-order chi connectivity index (χ0) is 18.9. The molecular weight excluding hydrogens is 465 g/mol. The molecule has 1 rings (SSSR count). The Kier molecular flexibility index (Phi) is 11.8. The number of halogens is 1. The van der Waals surface area contributed by atoms with Crippen LogP contribution in [0, 0.1) is 0 Å². The van der Waals surface area contributed by atoms with Gasteiger partial charge in [0, 0.05) is 45.2 Å². The van der Waals surface area contributed by atoms with Gasteiger partial charge in [0.15, 0.2) is 5.96 Å². The maximum Gasteiger partial charge on any atom is 0.191 e. The van der Waals surface area contributed by atoms with Crippen molar-refractivity contribution >= 4 is 45.6 Å². The predicted octanol–water partition coefficient (Wildman–Crippen LogP) is 2.03. The van der Waals surface area contributed by atoms with Crippen LogP contribution in [-0.2, 0) is 16.4 Å². The molecule has 0 amide bonds. The van der Waals surface area contributed by atoms with E-state index in [1.165, 1.54) is 6.26 Å². The first kappa shape index (κ1) is 24.9. The molecule has 1 heterocycles. The Morgan fingerprint density at radius 2 is 1.96 bits per heavy atom. The minimum absolute atomic E-state index is 0. The van der Waals surface area contributed by atoms with Crippen LogP contribution in [0.5, 0.6) is 0 Å². The van der Waals surface area contributed by atoms with Crippen LogP contribution in [0.1, 0.15) is 32.8 Å². The Labute approximate surface area is 175 Å². The van der Waals surface area contributed by atoms with Gasteiger partial charge in [-0.1, -0.05) is 6.07 Å². The number of nitrogens with one attached hydrogen (secondary N) is 2. The van der Waals surface area contributed by atoms with Crippen LogP contribution < -0.4 is 15.5 Å². The average Bonchev–Trinajstić information content (AvgIpc) is 2.58. The Morgan fingerprint density at radius 3 is 2.42 bits per heavy atom. The zero-order valence-electron chi connectivity index (χ0n) is 16.3. The molecule has 1 aromatic rings. The van der Waals surface area contributed by atoms with Gasteiger partial charge in [-0.3, -0.25) is 4.99 Å². The van der Waals surface area contributed by atoms with Crippen LogP contribution >= 0.6 is 24.0 Å². The van der Waals surface area contributed by atoms with Crippen molar-refractivity contribution in [1.82, 2.24) is 15.6 Å². The Hall–Kier alpha value is -1.10. The molecule has 2 N–H and O–H groups in total. The van der Waals surface area contributed by atoms with E-state index in [-0.39, 0.29) is 35.8 Å². The largest absolute Gasteiger partial charge is 0.357 e. The minimum Gasteiger partial charge on any atom is -0.357 e. The maximum absolute atomic E-state index is 11.2. The zero-order valence-corrected chi connectivity index (χ0v) is 19.5. The monoisotopic (exact) mass is 497 g/mol. The molecule has 0 aliphatic heterocycles. The summed E-state index contributed by atoms with van der Waals surface area (Å²) in [6, 6.07) is 4.09. The number of rotatable bonds is 9. The van der Waals surface area contributed by atoms with Crippen molar-refractivity contribution in [3.05, 3.63) is 23.9 Å². The molecule has 0 fully saturated rings. The summed E-state index contributed by atoms with van der Waals surface area (Å²) >= 11 is 0. The fraction of sp³-hybridized carbons (Fsp3) is 0.647. The van der Waals surface area contributed by atoms with Crippen LogP contribution in [-0.4, -0.2) is 57.5 Å². The summed E-state index contributed by atoms with van der Waals surface area (Å²) in [4.78, 5) is 10.9. The number of pyridine rings is 1. The van der Waals surface area contributed by atoms with Gasteiger partial charge in [0.25, 0.3) is 0 Å². The first-order chi connectivity index (χ1) is 11.8. The molecule has 150 valence electrons. The number of aliphatic imine (C=N–C) groups is 1. The highest BCUT2D eigenvalue weighted by Crippen LogP contribution is 2.10. The van der Waals surface area contributed by atoms with Gasteiger partial charge in [0.2, 0.25) is 0 Å². The van der Waals surface area contributed by atoms with Crippen molar-refractivity contribution in [1.29, 1.82) is 0 Å². The third kappa shape index (κ3) is 9.56. The van der Waals surface area contributed by atoms with E-state index in [9.17, 15) is 8.42 Å². The summed E-state index contributed by atoms with van der Waals surface area (Å²) in [7, 11) is -1.25. The first-order valence-electron chi connectivity index (χ1n) is 8.63. The Bertz CT molecular complexity index is 646. The van der Waals surface area contributed by atoms with Crippen LogP contribution in [0.4, 0.5) is 5.82 Å². The summed E-state index contributed by atoms with van der Waals surface area (Å²) in [5.41, 5.74) is 1.06. The van der Waals surface area contributed by atoms with Crippen molar-refractivity contribution < 1.29 is 8.42 Å². The Morgan fingerprint density at radius 1 is 1.31 bits per heavy atom. The normalized spacial score (nSPS) is 12.9. The van der Waals surface area contributed by atoms with Crippen LogP contribution in [0.2, 0.25) is 0 Å². The number of hydrogen-bond acceptors (Lipinski definition) is 5. The lowest BCUT2D eigenvalue weighted by atomic mass is 10.2. The molecule has 26 heavy (non-hydrogen) atoms. The van der Waals surface area contributed by atoms with Crippen molar-refractivity contribution in [3.63, 3.8) is 0 Å². The van der Waals surface area contributed by atoms with E-state index in [1.54, 1.807) is 7.05 Å². The average molecular weight is 497 g/mol. The fourth-order valence-corrected chi connectivity index (χ4v) is 3.11. The van der Waals surface area contributed by atoms with E-state index in [1.807, 2.05) is 25.3 Å². The molecule has 0 aliphatic rings. The molecule has 1 unspecified atom stereocenters. The van der Waals surface area contributed by atoms with Gasteiger partial charge in [0.1, 0.15) is 15.7 Å². The number of guanidine groups is 1. The molecule has 0 aromatic carbocycles. The SMILES string of the molecule is CCN(CC)c1ccc(CNC(=NC)NC(C)CCS(C)(=O)=O)cn1.I. The van der Waals surface area contributed by atoms with Gasteiger partial charge in [-0.15, -0.1) is 24.0 Å². The van der Waals surface area contributed by atoms with Crippen LogP contribution in [0.25, 0.3) is 0 Å². The van der Waals surface area contributed by atoms with E-state index in [0.717, 1.165) is 24.5 Å². The summed E-state index contributed by atoms with van der Waals surface area (Å²) in [5, 5.41) is 6.43. The third-order valence-corrected chi connectivity index (χ3v) is 4.86. The number of hydrogen-bond donors (Lipinski definition) is 2. The number of nitrogens with zero attached hydrogens (tertiary/aromatic N) is 3. The third-order valence-electron chi connectivity index (χ3n) is 3.88. The van der Waals surface area contributed by atoms with Gasteiger partial charge < -0.3 is 15.5 Å². The van der Waals surface area contributed by atoms with Gasteiger partial charge in [-0.25, -0.2) is 13.4 Å². The van der Waals surface area contributed by atoms with Gasteiger partial charge in [-0.2, -0.15) is 0 Å². The predicted molar refractivity (Wildman–Crippen MR) is 120 cm³/mol. The summed E-state index contributed by atoms with van der Waals surface area (Å²) < 4.78 is 22.5. The highest BCUT2D eigenvalue weighted by molar-refractivity contribution is 14.0. The molecule has 0 aliphatic carbocycles. The molecule has 1 atom stereocenters. The minimum atomic E-state index is -2.95. The van der Waals surface area contributed by atoms with Gasteiger partial charge >= 0.3 is 0 Å². The van der Waals surface area contributed by atoms with Crippen LogP contribution in [0.15, 0.2) is 23.3 Å². The van der Waals surface area contributed by atoms with Crippen LogP contribution in [0.3, 0.4) is 0 Å². The second-order valence-electron chi connectivity index (χ2n) is 6.09. The molecule has 7 nitrogen and oxygen atoms in total. The lowest BCUT2D eigenvalue weighted by Gasteiger charge is -2.20. The molecule has 0 radical (unpaired) electrons. The van der Waals surface area contributed by atoms with E-state index in [4.69, 9.17) is 0 Å². The lowest BCUT2D eigenvalue weighted by Crippen LogP contribution is -2.42. The summed E-state index contributed by atoms with van der Waals surface area (Å²) in [6.45, 7) is 8.64. The lowest BCUT2D eigenvalue weighted by molar-refractivity contribution is 0.581. The van der Waals surface area contributed by atoms with Gasteiger partial charge in [0.05, 0.1) is 5.75 Å². The second kappa shape index (κ2) is 12.3. The van der Waals surface area contributed by atoms with E-state index < -0.39 is 9.84 Å². The molecule has 0 spiro atoms. The standard InChI is InChI=1S/C17H31N5O2S.HI/c1-6-22(7-2)16-9-8-15(12-19-16)13-20-17(18-4)21-14(3)10-11-25(5,23)24;/h8-9,12,14H,6-7,10-11,13H2,1-5H3,(H2,18,20,21);1H. The second-order valence-corrected chi connectivity index (χ2v) is 8.35. The quantitative estimate of drug-likeness (QED) is 0.309. The maximum atomic E-state index is 11.2. The summed E-state index contributed by atoms with van der Waals surface area (Å²) in [5.74, 6) is 1.79. The van der Waals surface area contributed by atoms with E-state index >= 15 is 0 Å². The van der Waals surface area contributed by atoms with Crippen molar-refractivity contribution in [2.75, 3.05) is 37.0 Å². The van der Waals surface area contributed by atoms with E-state index in [0.29, 0.717) is 18.9 Å². The topological polar surface area (TPSA) is 86.7 Å². The molecular formula is C17H32IN5O2S. The first-order valence-corrected chi connectivity index (χ1v) is 10.7. The van der Waals surface area contributed by atoms with Crippen molar-refractivity contribution in [3.8, 4) is 0 Å². The van der Waals surface area contributed by atoms with Crippen molar-refractivity contribution in [2.24, 2.45) is 4.99 Å². The fourth-order valence-electron chi connectivity index (χ4n) is 2.33. The molecule has 9 heteroatoms. The molecule has 0 saturated heterocycles. The highest BCUT2D eigenvalue weighted by atomic mass is 127. The van der Waals surface area contributed by atoms with Crippen molar-refractivity contribution in [2.45, 2.75) is 39.8 Å². The number of aromatic nitrogens is 1. The number of anilines is 1. The Balaban J connectivity index is 0.00000625. The number of sulfone groups is 1. The smallest absolute Gasteiger partial charge is 0.191 e. The molecule has 0 bridgehead atoms. The molecule has 1 aromatic heterocycles.